The fourth-order valence-corrected chi connectivity index (χ4v) is 4.66. The van der Waals surface area contributed by atoms with Crippen molar-refractivity contribution in [2.75, 3.05) is 46.9 Å². The van der Waals surface area contributed by atoms with Crippen LogP contribution in [0.1, 0.15) is 28.3 Å². The van der Waals surface area contributed by atoms with Crippen LogP contribution in [-0.2, 0) is 4.74 Å². The number of aryl methyl sites for hydroxylation is 1. The Bertz CT molecular complexity index is 537. The van der Waals surface area contributed by atoms with E-state index in [1.54, 1.807) is 18.4 Å². The summed E-state index contributed by atoms with van der Waals surface area (Å²) in [6.45, 7) is 6.67. The zero-order valence-corrected chi connectivity index (χ0v) is 14.5. The van der Waals surface area contributed by atoms with Crippen LogP contribution in [-0.4, -0.2) is 67.6 Å². The van der Waals surface area contributed by atoms with Gasteiger partial charge in [-0.15, -0.1) is 11.3 Å². The Balaban J connectivity index is 1.65. The number of nitrogens with zero attached hydrogens (tertiary/aromatic N) is 3. The van der Waals surface area contributed by atoms with Crippen molar-refractivity contribution in [3.8, 4) is 0 Å². The van der Waals surface area contributed by atoms with E-state index in [1.807, 2.05) is 17.2 Å². The minimum Gasteiger partial charge on any atom is -0.384 e. The molecular weight excluding hydrogens is 298 g/mol. The van der Waals surface area contributed by atoms with Gasteiger partial charge in [-0.3, -0.25) is 4.79 Å². The Kier molecular flexibility index (Phi) is 4.52. The van der Waals surface area contributed by atoms with E-state index in [-0.39, 0.29) is 5.91 Å². The van der Waals surface area contributed by atoms with Gasteiger partial charge >= 0.3 is 0 Å². The SMILES string of the molecule is COC[C@@H]1CN(C)CC12CCN(C(=O)c1csc(C)n1)CC2. The third-order valence-electron chi connectivity index (χ3n) is 5.24. The Hall–Kier alpha value is -0.980. The highest BCUT2D eigenvalue weighted by Crippen LogP contribution is 2.44. The number of thiazole rings is 1. The van der Waals surface area contributed by atoms with E-state index in [1.165, 1.54) is 0 Å². The van der Waals surface area contributed by atoms with Crippen LogP contribution in [0.25, 0.3) is 0 Å². The first kappa shape index (κ1) is 15.9. The molecule has 0 aliphatic carbocycles. The lowest BCUT2D eigenvalue weighted by molar-refractivity contribution is 0.0322. The molecule has 1 amide bonds. The maximum Gasteiger partial charge on any atom is 0.273 e. The van der Waals surface area contributed by atoms with Gasteiger partial charge in [0.25, 0.3) is 5.91 Å². The second-order valence-corrected chi connectivity index (χ2v) is 7.82. The molecule has 1 aromatic rings. The molecule has 2 aliphatic heterocycles. The average Bonchev–Trinajstić information content (AvgIpc) is 3.04. The molecule has 3 rings (SSSR count). The highest BCUT2D eigenvalue weighted by atomic mass is 32.1. The smallest absolute Gasteiger partial charge is 0.273 e. The first-order chi connectivity index (χ1) is 10.5. The fourth-order valence-electron chi connectivity index (χ4n) is 4.08. The van der Waals surface area contributed by atoms with Gasteiger partial charge in [-0.1, -0.05) is 0 Å². The van der Waals surface area contributed by atoms with Crippen LogP contribution in [0.15, 0.2) is 5.38 Å². The van der Waals surface area contributed by atoms with Gasteiger partial charge in [-0.25, -0.2) is 4.98 Å². The number of likely N-dealkylation sites (tertiary alicyclic amines) is 2. The van der Waals surface area contributed by atoms with Crippen molar-refractivity contribution in [3.05, 3.63) is 16.1 Å². The highest BCUT2D eigenvalue weighted by molar-refractivity contribution is 7.09. The molecule has 122 valence electrons. The van der Waals surface area contributed by atoms with Crippen LogP contribution in [0.2, 0.25) is 0 Å². The zero-order chi connectivity index (χ0) is 15.7. The largest absolute Gasteiger partial charge is 0.384 e. The van der Waals surface area contributed by atoms with Gasteiger partial charge in [0.1, 0.15) is 5.69 Å². The molecule has 22 heavy (non-hydrogen) atoms. The molecule has 0 unspecified atom stereocenters. The van der Waals surface area contributed by atoms with Crippen molar-refractivity contribution in [1.82, 2.24) is 14.8 Å². The molecule has 1 spiro atoms. The summed E-state index contributed by atoms with van der Waals surface area (Å²) in [5.74, 6) is 0.676. The summed E-state index contributed by atoms with van der Waals surface area (Å²) in [5.41, 5.74) is 0.926. The Labute approximate surface area is 136 Å². The van der Waals surface area contributed by atoms with Crippen LogP contribution in [0.5, 0.6) is 0 Å². The second-order valence-electron chi connectivity index (χ2n) is 6.76. The molecule has 0 aromatic carbocycles. The molecule has 0 saturated carbocycles. The molecular formula is C16H25N3O2S. The number of carbonyl (C=O) groups excluding carboxylic acids is 1. The minimum atomic E-state index is 0.0915. The number of rotatable bonds is 3. The number of hydrogen-bond donors (Lipinski definition) is 0. The van der Waals surface area contributed by atoms with Crippen molar-refractivity contribution in [2.24, 2.45) is 11.3 Å². The molecule has 2 fully saturated rings. The minimum absolute atomic E-state index is 0.0915. The van der Waals surface area contributed by atoms with Gasteiger partial charge in [-0.2, -0.15) is 0 Å². The second kappa shape index (κ2) is 6.26. The Morgan fingerprint density at radius 3 is 2.82 bits per heavy atom. The van der Waals surface area contributed by atoms with E-state index >= 15 is 0 Å². The number of aromatic nitrogens is 1. The molecule has 0 N–H and O–H groups in total. The zero-order valence-electron chi connectivity index (χ0n) is 13.7. The van der Waals surface area contributed by atoms with E-state index in [0.29, 0.717) is 17.0 Å². The van der Waals surface area contributed by atoms with Crippen molar-refractivity contribution in [1.29, 1.82) is 0 Å². The monoisotopic (exact) mass is 323 g/mol. The van der Waals surface area contributed by atoms with Gasteiger partial charge in [0.15, 0.2) is 0 Å². The van der Waals surface area contributed by atoms with Gasteiger partial charge in [0, 0.05) is 44.6 Å². The van der Waals surface area contributed by atoms with Crippen molar-refractivity contribution in [3.63, 3.8) is 0 Å². The lowest BCUT2D eigenvalue weighted by atomic mass is 9.71. The van der Waals surface area contributed by atoms with Crippen molar-refractivity contribution in [2.45, 2.75) is 19.8 Å². The maximum atomic E-state index is 12.5. The normalized spacial score (nSPS) is 25.0. The lowest BCUT2D eigenvalue weighted by Gasteiger charge is -2.42. The molecule has 0 radical (unpaired) electrons. The van der Waals surface area contributed by atoms with Gasteiger partial charge < -0.3 is 14.5 Å². The molecule has 2 saturated heterocycles. The summed E-state index contributed by atoms with van der Waals surface area (Å²) in [6, 6.07) is 0. The third kappa shape index (κ3) is 2.92. The fraction of sp³-hybridized carbons (Fsp3) is 0.750. The van der Waals surface area contributed by atoms with Crippen LogP contribution < -0.4 is 0 Å². The number of hydrogen-bond acceptors (Lipinski definition) is 5. The number of carbonyl (C=O) groups is 1. The first-order valence-corrected chi connectivity index (χ1v) is 8.81. The van der Waals surface area contributed by atoms with Gasteiger partial charge in [-0.05, 0) is 32.2 Å². The van der Waals surface area contributed by atoms with E-state index in [4.69, 9.17) is 4.74 Å². The summed E-state index contributed by atoms with van der Waals surface area (Å²) >= 11 is 1.54. The predicted octanol–water partition coefficient (Wildman–Crippen LogP) is 1.88. The van der Waals surface area contributed by atoms with Gasteiger partial charge in [0.2, 0.25) is 0 Å². The lowest BCUT2D eigenvalue weighted by Crippen LogP contribution is -2.47. The summed E-state index contributed by atoms with van der Waals surface area (Å²) < 4.78 is 5.43. The van der Waals surface area contributed by atoms with Crippen LogP contribution >= 0.6 is 11.3 Å². The molecule has 2 aliphatic rings. The molecule has 1 aromatic heterocycles. The van der Waals surface area contributed by atoms with E-state index in [0.717, 1.165) is 50.6 Å². The number of amides is 1. The van der Waals surface area contributed by atoms with Crippen molar-refractivity contribution >= 4 is 17.2 Å². The average molecular weight is 323 g/mol. The van der Waals surface area contributed by atoms with Crippen LogP contribution in [0.3, 0.4) is 0 Å². The quantitative estimate of drug-likeness (QED) is 0.852. The van der Waals surface area contributed by atoms with Gasteiger partial charge in [0.05, 0.1) is 11.6 Å². The van der Waals surface area contributed by atoms with E-state index in [9.17, 15) is 4.79 Å². The number of piperidine rings is 1. The summed E-state index contributed by atoms with van der Waals surface area (Å²) in [5, 5.41) is 2.83. The standard InChI is InChI=1S/C16H25N3O2S/c1-12-17-14(10-22-12)15(20)19-6-4-16(5-7-19)11-18(2)8-13(16)9-21-3/h10,13H,4-9,11H2,1-3H3/t13-/m0/s1. The van der Waals surface area contributed by atoms with Crippen LogP contribution in [0.4, 0.5) is 0 Å². The number of methoxy groups -OCH3 is 1. The molecule has 6 heteroatoms. The summed E-state index contributed by atoms with van der Waals surface area (Å²) in [4.78, 5) is 21.2. The Morgan fingerprint density at radius 1 is 1.50 bits per heavy atom. The molecule has 3 heterocycles. The third-order valence-corrected chi connectivity index (χ3v) is 6.01. The topological polar surface area (TPSA) is 45.7 Å². The summed E-state index contributed by atoms with van der Waals surface area (Å²) in [7, 11) is 3.97. The number of ether oxygens (including phenoxy) is 1. The van der Waals surface area contributed by atoms with E-state index < -0.39 is 0 Å². The van der Waals surface area contributed by atoms with Crippen molar-refractivity contribution < 1.29 is 9.53 Å². The summed E-state index contributed by atoms with van der Waals surface area (Å²) in [6.07, 6.45) is 2.14. The first-order valence-electron chi connectivity index (χ1n) is 7.93. The maximum absolute atomic E-state index is 12.5. The molecule has 1 atom stereocenters. The predicted molar refractivity (Wildman–Crippen MR) is 87.3 cm³/mol. The van der Waals surface area contributed by atoms with E-state index in [2.05, 4.69) is 16.9 Å². The van der Waals surface area contributed by atoms with Crippen LogP contribution in [0, 0.1) is 18.3 Å². The Morgan fingerprint density at radius 2 is 2.23 bits per heavy atom. The highest BCUT2D eigenvalue weighted by Gasteiger charge is 2.47. The molecule has 0 bridgehead atoms. The molecule has 5 nitrogen and oxygen atoms in total.